The fraction of sp³-hybridized carbons (Fsp3) is 0.435. The average Bonchev–Trinajstić information content (AvgIpc) is 3.54. The van der Waals surface area contributed by atoms with Crippen molar-refractivity contribution in [3.8, 4) is 5.88 Å². The predicted molar refractivity (Wildman–Crippen MR) is 120 cm³/mol. The zero-order valence-electron chi connectivity index (χ0n) is 20.1. The molecule has 1 saturated heterocycles. The molecule has 2 fully saturated rings. The Labute approximate surface area is 211 Å². The summed E-state index contributed by atoms with van der Waals surface area (Å²) in [5.74, 6) is -2.97. The second-order valence-electron chi connectivity index (χ2n) is 9.19. The minimum absolute atomic E-state index is 0.100. The molecule has 10 nitrogen and oxygen atoms in total. The molecule has 0 aromatic carbocycles. The molecule has 2 atom stereocenters. The lowest BCUT2D eigenvalue weighted by atomic mass is 9.84. The smallest absolute Gasteiger partial charge is 0.478 e. The maximum absolute atomic E-state index is 12.9. The number of carboxylic acids is 1. The van der Waals surface area contributed by atoms with Gasteiger partial charge in [-0.1, -0.05) is 6.07 Å². The number of aromatic nitrogens is 4. The third kappa shape index (κ3) is 5.37. The van der Waals surface area contributed by atoms with Crippen LogP contribution in [-0.4, -0.2) is 61.8 Å². The quantitative estimate of drug-likeness (QED) is 0.459. The van der Waals surface area contributed by atoms with Crippen LogP contribution in [0.15, 0.2) is 30.6 Å². The summed E-state index contributed by atoms with van der Waals surface area (Å²) in [6.45, 7) is 2.75. The number of pyridine rings is 1. The SMILES string of the molecule is COc1nc(NC(=O)c2cccc(C(F)F)n2)cn2cc(C34CCC(C)(C3)OC4)nc12.O=C(O)C(F)(F)F. The van der Waals surface area contributed by atoms with Crippen molar-refractivity contribution in [1.82, 2.24) is 19.4 Å². The number of imidazole rings is 1. The van der Waals surface area contributed by atoms with E-state index in [2.05, 4.69) is 22.2 Å². The highest BCUT2D eigenvalue weighted by molar-refractivity contribution is 6.02. The van der Waals surface area contributed by atoms with Gasteiger partial charge in [0, 0.05) is 11.6 Å². The molecule has 38 heavy (non-hydrogen) atoms. The largest absolute Gasteiger partial charge is 0.490 e. The molecule has 204 valence electrons. The molecule has 4 heterocycles. The number of alkyl halides is 5. The number of carbonyl (C=O) groups is 2. The number of anilines is 1. The molecule has 1 aliphatic heterocycles. The van der Waals surface area contributed by atoms with E-state index in [4.69, 9.17) is 24.4 Å². The minimum atomic E-state index is -5.08. The van der Waals surface area contributed by atoms with E-state index in [1.54, 1.807) is 10.6 Å². The van der Waals surface area contributed by atoms with Gasteiger partial charge in [0.05, 0.1) is 31.2 Å². The number of rotatable bonds is 5. The van der Waals surface area contributed by atoms with Gasteiger partial charge in [-0.2, -0.15) is 18.2 Å². The summed E-state index contributed by atoms with van der Waals surface area (Å²) in [7, 11) is 1.47. The molecular formula is C23H22F5N5O5. The van der Waals surface area contributed by atoms with Crippen LogP contribution in [-0.2, 0) is 14.9 Å². The first-order chi connectivity index (χ1) is 17.7. The van der Waals surface area contributed by atoms with E-state index in [-0.39, 0.29) is 28.4 Å². The van der Waals surface area contributed by atoms with E-state index in [1.807, 2.05) is 6.20 Å². The summed E-state index contributed by atoms with van der Waals surface area (Å²) in [5.41, 5.74) is 0.616. The van der Waals surface area contributed by atoms with Gasteiger partial charge in [0.25, 0.3) is 18.2 Å². The monoisotopic (exact) mass is 543 g/mol. The fourth-order valence-corrected chi connectivity index (χ4v) is 4.55. The molecule has 2 aliphatic rings. The second-order valence-corrected chi connectivity index (χ2v) is 9.19. The standard InChI is InChI=1S/C21H21F2N5O3.C2HF3O2/c1-20-6-7-21(10-20,11-31-20)14-8-28-9-15(27-19(30-2)17(28)25-14)26-18(29)13-5-3-4-12(24-13)16(22)23;3-2(4,5)1(6)7/h3-5,8-9,16H,6-7,10-11H2,1-2H3,(H,26,29);(H,6,7). The maximum atomic E-state index is 12.9. The van der Waals surface area contributed by atoms with Crippen LogP contribution in [0.2, 0.25) is 0 Å². The van der Waals surface area contributed by atoms with Crippen LogP contribution in [0.4, 0.5) is 27.8 Å². The van der Waals surface area contributed by atoms with Gasteiger partial charge in [0.2, 0.25) is 5.65 Å². The number of aliphatic carboxylic acids is 1. The van der Waals surface area contributed by atoms with Crippen molar-refractivity contribution in [2.75, 3.05) is 19.0 Å². The van der Waals surface area contributed by atoms with E-state index in [0.29, 0.717) is 12.3 Å². The number of nitrogens with zero attached hydrogens (tertiary/aromatic N) is 4. The first-order valence-electron chi connectivity index (χ1n) is 11.2. The number of methoxy groups -OCH3 is 1. The molecule has 3 aromatic heterocycles. The van der Waals surface area contributed by atoms with Gasteiger partial charge < -0.3 is 19.9 Å². The second kappa shape index (κ2) is 9.78. The Morgan fingerprint density at radius 1 is 1.18 bits per heavy atom. The minimum Gasteiger partial charge on any atom is -0.478 e. The van der Waals surface area contributed by atoms with Crippen LogP contribution in [0.25, 0.3) is 5.65 Å². The van der Waals surface area contributed by atoms with E-state index in [1.165, 1.54) is 25.3 Å². The Hall–Kier alpha value is -3.88. The number of hydrogen-bond donors (Lipinski definition) is 2. The van der Waals surface area contributed by atoms with Crippen molar-refractivity contribution in [3.63, 3.8) is 0 Å². The molecule has 2 N–H and O–H groups in total. The topological polar surface area (TPSA) is 128 Å². The summed E-state index contributed by atoms with van der Waals surface area (Å²) >= 11 is 0. The van der Waals surface area contributed by atoms with Crippen molar-refractivity contribution in [2.45, 2.75) is 49.8 Å². The van der Waals surface area contributed by atoms with Gasteiger partial charge >= 0.3 is 12.1 Å². The summed E-state index contributed by atoms with van der Waals surface area (Å²) in [5, 5.41) is 9.72. The number of carbonyl (C=O) groups excluding carboxylic acids is 1. The number of amides is 1. The summed E-state index contributed by atoms with van der Waals surface area (Å²) < 4.78 is 70.6. The number of halogens is 5. The van der Waals surface area contributed by atoms with E-state index >= 15 is 0 Å². The van der Waals surface area contributed by atoms with Crippen LogP contribution >= 0.6 is 0 Å². The van der Waals surface area contributed by atoms with E-state index < -0.39 is 30.2 Å². The highest BCUT2D eigenvalue weighted by atomic mass is 19.4. The molecule has 2 bridgehead atoms. The average molecular weight is 543 g/mol. The normalized spacial score (nSPS) is 22.3. The van der Waals surface area contributed by atoms with Crippen LogP contribution in [0.3, 0.4) is 0 Å². The van der Waals surface area contributed by atoms with Gasteiger partial charge in [-0.3, -0.25) is 9.20 Å². The number of nitrogens with one attached hydrogen (secondary N) is 1. The zero-order valence-corrected chi connectivity index (χ0v) is 20.1. The summed E-state index contributed by atoms with van der Waals surface area (Å²) in [6, 6.07) is 3.89. The molecule has 15 heteroatoms. The molecule has 1 aliphatic carbocycles. The van der Waals surface area contributed by atoms with Gasteiger partial charge in [-0.25, -0.2) is 23.5 Å². The van der Waals surface area contributed by atoms with Crippen LogP contribution in [0.5, 0.6) is 5.88 Å². The number of hydrogen-bond acceptors (Lipinski definition) is 7. The molecule has 2 unspecified atom stereocenters. The first-order valence-corrected chi connectivity index (χ1v) is 11.2. The van der Waals surface area contributed by atoms with Crippen LogP contribution in [0, 0.1) is 0 Å². The lowest BCUT2D eigenvalue weighted by molar-refractivity contribution is -0.192. The van der Waals surface area contributed by atoms with Crippen LogP contribution in [0.1, 0.15) is 54.5 Å². The molecule has 3 aromatic rings. The highest BCUT2D eigenvalue weighted by Crippen LogP contribution is 2.53. The van der Waals surface area contributed by atoms with Crippen molar-refractivity contribution in [1.29, 1.82) is 0 Å². The van der Waals surface area contributed by atoms with Gasteiger partial charge in [0.1, 0.15) is 11.4 Å². The Kier molecular flexibility index (Phi) is 6.99. The van der Waals surface area contributed by atoms with E-state index in [9.17, 15) is 26.7 Å². The highest BCUT2D eigenvalue weighted by Gasteiger charge is 2.55. The van der Waals surface area contributed by atoms with Crippen molar-refractivity contribution >= 4 is 23.3 Å². The van der Waals surface area contributed by atoms with E-state index in [0.717, 1.165) is 25.0 Å². The lowest BCUT2D eigenvalue weighted by Gasteiger charge is -2.24. The number of ether oxygens (including phenoxy) is 2. The predicted octanol–water partition coefficient (Wildman–Crippen LogP) is 4.17. The van der Waals surface area contributed by atoms with Gasteiger partial charge in [0.15, 0.2) is 5.82 Å². The first kappa shape index (κ1) is 27.2. The summed E-state index contributed by atoms with van der Waals surface area (Å²) in [6.07, 6.45) is -1.42. The van der Waals surface area contributed by atoms with Crippen LogP contribution < -0.4 is 10.1 Å². The van der Waals surface area contributed by atoms with Crippen molar-refractivity contribution < 1.29 is 46.1 Å². The Morgan fingerprint density at radius 3 is 2.42 bits per heavy atom. The van der Waals surface area contributed by atoms with Gasteiger partial charge in [-0.05, 0) is 38.3 Å². The molecule has 0 radical (unpaired) electrons. The Balaban J connectivity index is 0.000000426. The Morgan fingerprint density at radius 2 is 1.89 bits per heavy atom. The zero-order chi connectivity index (χ0) is 27.9. The van der Waals surface area contributed by atoms with Crippen molar-refractivity contribution in [2.24, 2.45) is 0 Å². The molecule has 5 rings (SSSR count). The van der Waals surface area contributed by atoms with Crippen molar-refractivity contribution in [3.05, 3.63) is 47.7 Å². The third-order valence-electron chi connectivity index (χ3n) is 6.40. The molecule has 1 amide bonds. The Bertz CT molecular complexity index is 1370. The maximum Gasteiger partial charge on any atom is 0.490 e. The molecular weight excluding hydrogens is 521 g/mol. The fourth-order valence-electron chi connectivity index (χ4n) is 4.55. The molecule has 0 spiro atoms. The lowest BCUT2D eigenvalue weighted by Crippen LogP contribution is -2.26. The third-order valence-corrected chi connectivity index (χ3v) is 6.40. The number of carboxylic acid groups (broad SMARTS) is 1. The van der Waals surface area contributed by atoms with Gasteiger partial charge in [-0.15, -0.1) is 0 Å². The molecule has 1 saturated carbocycles. The number of fused-ring (bicyclic) bond motifs is 3. The summed E-state index contributed by atoms with van der Waals surface area (Å²) in [4.78, 5) is 34.2.